The zero-order valence-corrected chi connectivity index (χ0v) is 11.7. The van der Waals surface area contributed by atoms with Crippen LogP contribution in [-0.4, -0.2) is 42.0 Å². The fraction of sp³-hybridized carbons (Fsp3) is 0.438. The van der Waals surface area contributed by atoms with Gasteiger partial charge in [0.1, 0.15) is 0 Å². The molecule has 1 amide bonds. The molecule has 1 aliphatic rings. The highest BCUT2D eigenvalue weighted by atomic mass is 16.1. The summed E-state index contributed by atoms with van der Waals surface area (Å²) < 4.78 is 0. The van der Waals surface area contributed by atoms with Crippen LogP contribution in [0.4, 0.5) is 0 Å². The number of hydrogen-bond acceptors (Lipinski definition) is 2. The Morgan fingerprint density at radius 3 is 2.85 bits per heavy atom. The molecule has 0 radical (unpaired) electrons. The lowest BCUT2D eigenvalue weighted by molar-refractivity contribution is 0.0948. The van der Waals surface area contributed by atoms with Gasteiger partial charge in [-0.25, -0.2) is 0 Å². The molecule has 1 fully saturated rings. The topological polar surface area (TPSA) is 48.1 Å². The number of amides is 1. The summed E-state index contributed by atoms with van der Waals surface area (Å²) in [6.45, 7) is 4.01. The minimum atomic E-state index is 0.0134. The van der Waals surface area contributed by atoms with Crippen molar-refractivity contribution in [2.24, 2.45) is 0 Å². The van der Waals surface area contributed by atoms with E-state index in [-0.39, 0.29) is 5.91 Å². The molecular weight excluding hydrogens is 250 g/mol. The molecule has 0 unspecified atom stereocenters. The number of hydrogen-bond donors (Lipinski definition) is 2. The average Bonchev–Trinajstić information content (AvgIpc) is 2.92. The van der Waals surface area contributed by atoms with Crippen LogP contribution in [0.5, 0.6) is 0 Å². The fourth-order valence-electron chi connectivity index (χ4n) is 2.87. The predicted octanol–water partition coefficient (Wildman–Crippen LogP) is 2.38. The third-order valence-corrected chi connectivity index (χ3v) is 4.00. The number of carbonyl (C=O) groups is 1. The maximum absolute atomic E-state index is 12.2. The van der Waals surface area contributed by atoms with E-state index in [1.54, 1.807) is 6.20 Å². The van der Waals surface area contributed by atoms with Crippen LogP contribution in [0.2, 0.25) is 0 Å². The smallest absolute Gasteiger partial charge is 0.253 e. The average molecular weight is 271 g/mol. The number of carbonyl (C=O) groups excluding carboxylic acids is 1. The molecule has 20 heavy (non-hydrogen) atoms. The van der Waals surface area contributed by atoms with E-state index in [9.17, 15) is 4.79 Å². The molecule has 106 valence electrons. The minimum absolute atomic E-state index is 0.0134. The Morgan fingerprint density at radius 2 is 2.00 bits per heavy atom. The summed E-state index contributed by atoms with van der Waals surface area (Å²) >= 11 is 0. The quantitative estimate of drug-likeness (QED) is 0.897. The normalized spacial score (nSPS) is 16.4. The number of fused-ring (bicyclic) bond motifs is 1. The van der Waals surface area contributed by atoms with Gasteiger partial charge in [-0.15, -0.1) is 0 Å². The molecule has 0 bridgehead atoms. The monoisotopic (exact) mass is 271 g/mol. The lowest BCUT2D eigenvalue weighted by Gasteiger charge is -2.26. The lowest BCUT2D eigenvalue weighted by atomic mass is 10.1. The van der Waals surface area contributed by atoms with Crippen LogP contribution in [0, 0.1) is 0 Å². The Morgan fingerprint density at radius 1 is 1.20 bits per heavy atom. The Bertz CT molecular complexity index is 584. The number of para-hydroxylation sites is 1. The molecule has 1 aromatic heterocycles. The van der Waals surface area contributed by atoms with Gasteiger partial charge in [-0.1, -0.05) is 24.6 Å². The molecular formula is C16H21N3O. The number of H-pyrrole nitrogens is 1. The van der Waals surface area contributed by atoms with Gasteiger partial charge in [0.15, 0.2) is 0 Å². The number of nitrogens with zero attached hydrogens (tertiary/aromatic N) is 1. The number of benzene rings is 1. The maximum atomic E-state index is 12.2. The number of aromatic nitrogens is 1. The summed E-state index contributed by atoms with van der Waals surface area (Å²) in [7, 11) is 0. The minimum Gasteiger partial charge on any atom is -0.360 e. The molecule has 0 aliphatic carbocycles. The van der Waals surface area contributed by atoms with Gasteiger partial charge in [-0.2, -0.15) is 0 Å². The van der Waals surface area contributed by atoms with Crippen LogP contribution in [0.25, 0.3) is 10.9 Å². The van der Waals surface area contributed by atoms with E-state index in [4.69, 9.17) is 0 Å². The van der Waals surface area contributed by atoms with E-state index in [0.29, 0.717) is 0 Å². The summed E-state index contributed by atoms with van der Waals surface area (Å²) in [6, 6.07) is 7.89. The highest BCUT2D eigenvalue weighted by Gasteiger charge is 2.13. The molecule has 2 aromatic rings. The van der Waals surface area contributed by atoms with Crippen molar-refractivity contribution in [3.63, 3.8) is 0 Å². The SMILES string of the molecule is O=C(NCCN1CCCCC1)c1c[nH]c2ccccc12. The molecule has 0 spiro atoms. The van der Waals surface area contributed by atoms with E-state index in [1.165, 1.54) is 32.4 Å². The van der Waals surface area contributed by atoms with Crippen molar-refractivity contribution in [3.05, 3.63) is 36.0 Å². The van der Waals surface area contributed by atoms with Crippen molar-refractivity contribution in [3.8, 4) is 0 Å². The number of piperidine rings is 1. The first kappa shape index (κ1) is 13.2. The molecule has 4 heteroatoms. The van der Waals surface area contributed by atoms with E-state index in [0.717, 1.165) is 29.6 Å². The van der Waals surface area contributed by atoms with Crippen molar-refractivity contribution >= 4 is 16.8 Å². The van der Waals surface area contributed by atoms with Crippen LogP contribution < -0.4 is 5.32 Å². The van der Waals surface area contributed by atoms with Crippen molar-refractivity contribution < 1.29 is 4.79 Å². The van der Waals surface area contributed by atoms with Crippen LogP contribution in [0.3, 0.4) is 0 Å². The third kappa shape index (κ3) is 2.85. The van der Waals surface area contributed by atoms with Gasteiger partial charge >= 0.3 is 0 Å². The molecule has 3 rings (SSSR count). The molecule has 2 N–H and O–H groups in total. The summed E-state index contributed by atoms with van der Waals surface area (Å²) in [5, 5.41) is 4.01. The zero-order valence-electron chi connectivity index (χ0n) is 11.7. The van der Waals surface area contributed by atoms with Gasteiger partial charge in [-0.05, 0) is 32.0 Å². The lowest BCUT2D eigenvalue weighted by Crippen LogP contribution is -2.37. The van der Waals surface area contributed by atoms with Gasteiger partial charge in [-0.3, -0.25) is 4.79 Å². The second-order valence-electron chi connectivity index (χ2n) is 5.41. The highest BCUT2D eigenvalue weighted by Crippen LogP contribution is 2.17. The van der Waals surface area contributed by atoms with Crippen molar-refractivity contribution in [2.45, 2.75) is 19.3 Å². The molecule has 1 saturated heterocycles. The van der Waals surface area contributed by atoms with Gasteiger partial charge in [0, 0.05) is 30.2 Å². The largest absolute Gasteiger partial charge is 0.360 e. The Kier molecular flexibility index (Phi) is 4.02. The molecule has 1 aromatic carbocycles. The van der Waals surface area contributed by atoms with E-state index in [1.807, 2.05) is 24.3 Å². The molecule has 4 nitrogen and oxygen atoms in total. The Hall–Kier alpha value is -1.81. The highest BCUT2D eigenvalue weighted by molar-refractivity contribution is 6.06. The second-order valence-corrected chi connectivity index (χ2v) is 5.41. The van der Waals surface area contributed by atoms with Gasteiger partial charge in [0.25, 0.3) is 5.91 Å². The zero-order chi connectivity index (χ0) is 13.8. The Balaban J connectivity index is 1.56. The number of likely N-dealkylation sites (tertiary alicyclic amines) is 1. The molecule has 0 saturated carbocycles. The summed E-state index contributed by atoms with van der Waals surface area (Å²) in [4.78, 5) is 17.8. The van der Waals surface area contributed by atoms with Gasteiger partial charge in [0.05, 0.1) is 5.56 Å². The first-order chi connectivity index (χ1) is 9.84. The van der Waals surface area contributed by atoms with E-state index < -0.39 is 0 Å². The second kappa shape index (κ2) is 6.09. The third-order valence-electron chi connectivity index (χ3n) is 4.00. The predicted molar refractivity (Wildman–Crippen MR) is 80.9 cm³/mol. The van der Waals surface area contributed by atoms with E-state index in [2.05, 4.69) is 15.2 Å². The van der Waals surface area contributed by atoms with Gasteiger partial charge < -0.3 is 15.2 Å². The van der Waals surface area contributed by atoms with E-state index >= 15 is 0 Å². The maximum Gasteiger partial charge on any atom is 0.253 e. The number of nitrogens with one attached hydrogen (secondary N) is 2. The van der Waals surface area contributed by atoms with Crippen molar-refractivity contribution in [1.82, 2.24) is 15.2 Å². The van der Waals surface area contributed by atoms with Crippen LogP contribution in [0.15, 0.2) is 30.5 Å². The fourth-order valence-corrected chi connectivity index (χ4v) is 2.87. The number of rotatable bonds is 4. The first-order valence-electron chi connectivity index (χ1n) is 7.41. The molecule has 0 atom stereocenters. The van der Waals surface area contributed by atoms with Crippen molar-refractivity contribution in [2.75, 3.05) is 26.2 Å². The summed E-state index contributed by atoms with van der Waals surface area (Å²) in [6.07, 6.45) is 5.71. The summed E-state index contributed by atoms with van der Waals surface area (Å²) in [5.74, 6) is 0.0134. The van der Waals surface area contributed by atoms with Crippen LogP contribution in [-0.2, 0) is 0 Å². The van der Waals surface area contributed by atoms with Crippen LogP contribution in [0.1, 0.15) is 29.6 Å². The molecule has 2 heterocycles. The van der Waals surface area contributed by atoms with Crippen molar-refractivity contribution in [1.29, 1.82) is 0 Å². The number of aromatic amines is 1. The first-order valence-corrected chi connectivity index (χ1v) is 7.41. The Labute approximate surface area is 119 Å². The van der Waals surface area contributed by atoms with Crippen LogP contribution >= 0.6 is 0 Å². The molecule has 1 aliphatic heterocycles. The van der Waals surface area contributed by atoms with Gasteiger partial charge in [0.2, 0.25) is 0 Å². The standard InChI is InChI=1S/C16H21N3O/c20-16(17-8-11-19-9-4-1-5-10-19)14-12-18-15-7-3-2-6-13(14)15/h2-3,6-7,12,18H,1,4-5,8-11H2,(H,17,20). The summed E-state index contributed by atoms with van der Waals surface area (Å²) in [5.41, 5.74) is 1.74.